The van der Waals surface area contributed by atoms with Gasteiger partial charge < -0.3 is 9.73 Å². The molecule has 1 aromatic heterocycles. The van der Waals surface area contributed by atoms with E-state index in [9.17, 15) is 0 Å². The maximum atomic E-state index is 6.31. The van der Waals surface area contributed by atoms with Crippen LogP contribution >= 0.6 is 0 Å². The van der Waals surface area contributed by atoms with Gasteiger partial charge in [-0.25, -0.2) is 0 Å². The lowest BCUT2D eigenvalue weighted by atomic mass is 10.0. The summed E-state index contributed by atoms with van der Waals surface area (Å²) in [6.07, 6.45) is 0. The van der Waals surface area contributed by atoms with Crippen molar-refractivity contribution in [1.29, 1.82) is 0 Å². The highest BCUT2D eigenvalue weighted by molar-refractivity contribution is 6.22. The topological polar surface area (TPSA) is 25.2 Å². The summed E-state index contributed by atoms with van der Waals surface area (Å²) in [5.41, 5.74) is 3.87. The van der Waals surface area contributed by atoms with Gasteiger partial charge in [0.05, 0.1) is 5.69 Å². The van der Waals surface area contributed by atoms with Crippen LogP contribution in [0.25, 0.3) is 43.5 Å². The number of para-hydroxylation sites is 1. The van der Waals surface area contributed by atoms with Crippen LogP contribution < -0.4 is 5.32 Å². The van der Waals surface area contributed by atoms with Crippen molar-refractivity contribution in [2.24, 2.45) is 0 Å². The molecule has 1 N–H and O–H groups in total. The van der Waals surface area contributed by atoms with Crippen LogP contribution in [0.4, 0.5) is 11.4 Å². The van der Waals surface area contributed by atoms with Gasteiger partial charge in [0.1, 0.15) is 5.58 Å². The van der Waals surface area contributed by atoms with Gasteiger partial charge in [0.2, 0.25) is 0 Å². The lowest BCUT2D eigenvalue weighted by Gasteiger charge is -2.12. The van der Waals surface area contributed by atoms with E-state index in [1.165, 1.54) is 21.5 Å². The molecule has 2 heteroatoms. The predicted octanol–water partition coefficient (Wildman–Crippen LogP) is 7.64. The molecule has 0 unspecified atom stereocenters. The number of rotatable bonds is 2. The van der Waals surface area contributed by atoms with Crippen LogP contribution in [-0.4, -0.2) is 0 Å². The summed E-state index contributed by atoms with van der Waals surface area (Å²) in [5, 5.41) is 10.8. The van der Waals surface area contributed by atoms with Gasteiger partial charge in [-0.15, -0.1) is 0 Å². The van der Waals surface area contributed by atoms with E-state index in [0.29, 0.717) is 0 Å². The average Bonchev–Trinajstić information content (AvgIpc) is 3.14. The van der Waals surface area contributed by atoms with Crippen LogP contribution in [-0.2, 0) is 0 Å². The van der Waals surface area contributed by atoms with Crippen molar-refractivity contribution < 1.29 is 4.42 Å². The molecular weight excluding hydrogens is 342 g/mol. The average molecular weight is 359 g/mol. The van der Waals surface area contributed by atoms with Crippen LogP contribution in [0.1, 0.15) is 0 Å². The molecule has 1 heterocycles. The van der Waals surface area contributed by atoms with Gasteiger partial charge in [0, 0.05) is 21.8 Å². The SMILES string of the molecule is c1ccc2c(Nc3cc4ccccc4c4c3oc3ccccc34)cccc2c1. The van der Waals surface area contributed by atoms with Gasteiger partial charge in [-0.3, -0.25) is 0 Å². The number of hydrogen-bond acceptors (Lipinski definition) is 2. The first-order valence-corrected chi connectivity index (χ1v) is 9.46. The quantitative estimate of drug-likeness (QED) is 0.344. The van der Waals surface area contributed by atoms with Crippen LogP contribution in [0.3, 0.4) is 0 Å². The fraction of sp³-hybridized carbons (Fsp3) is 0. The largest absolute Gasteiger partial charge is 0.454 e. The number of nitrogens with one attached hydrogen (secondary N) is 1. The Bertz CT molecular complexity index is 1490. The van der Waals surface area contributed by atoms with E-state index in [2.05, 4.69) is 90.2 Å². The minimum absolute atomic E-state index is 0.896. The molecule has 6 rings (SSSR count). The van der Waals surface area contributed by atoms with E-state index in [0.717, 1.165) is 33.3 Å². The second-order valence-electron chi connectivity index (χ2n) is 7.10. The van der Waals surface area contributed by atoms with E-state index in [1.807, 2.05) is 12.1 Å². The highest BCUT2D eigenvalue weighted by atomic mass is 16.3. The standard InChI is InChI=1S/C26H17NO/c1-3-11-19-17(8-1)10-7-14-22(19)27-23-16-18-9-2-4-12-20(18)25-21-13-5-6-15-24(21)28-26(23)25/h1-16,27H. The molecule has 0 fully saturated rings. The maximum Gasteiger partial charge on any atom is 0.159 e. The molecule has 0 atom stereocenters. The molecule has 0 spiro atoms. The zero-order valence-corrected chi connectivity index (χ0v) is 15.1. The number of benzene rings is 5. The van der Waals surface area contributed by atoms with Gasteiger partial charge in [-0.05, 0) is 34.4 Å². The second kappa shape index (κ2) is 5.86. The van der Waals surface area contributed by atoms with Gasteiger partial charge in [-0.2, -0.15) is 0 Å². The molecule has 28 heavy (non-hydrogen) atoms. The predicted molar refractivity (Wildman–Crippen MR) is 118 cm³/mol. The number of furan rings is 1. The molecule has 0 bridgehead atoms. The zero-order valence-electron chi connectivity index (χ0n) is 15.1. The summed E-state index contributed by atoms with van der Waals surface area (Å²) in [4.78, 5) is 0. The van der Waals surface area contributed by atoms with E-state index in [1.54, 1.807) is 0 Å². The van der Waals surface area contributed by atoms with Crippen molar-refractivity contribution in [1.82, 2.24) is 0 Å². The molecule has 0 amide bonds. The van der Waals surface area contributed by atoms with Gasteiger partial charge in [0.25, 0.3) is 0 Å². The minimum atomic E-state index is 0.896. The lowest BCUT2D eigenvalue weighted by molar-refractivity contribution is 0.670. The number of hydrogen-bond donors (Lipinski definition) is 1. The van der Waals surface area contributed by atoms with Gasteiger partial charge in [0.15, 0.2) is 5.58 Å². The van der Waals surface area contributed by atoms with Crippen molar-refractivity contribution >= 4 is 54.9 Å². The van der Waals surface area contributed by atoms with Crippen molar-refractivity contribution in [3.63, 3.8) is 0 Å². The van der Waals surface area contributed by atoms with Crippen molar-refractivity contribution in [3.05, 3.63) is 97.1 Å². The first kappa shape index (κ1) is 15.3. The third kappa shape index (κ3) is 2.21. The Hall–Kier alpha value is -3.78. The Balaban J connectivity index is 1.68. The molecule has 132 valence electrons. The summed E-state index contributed by atoms with van der Waals surface area (Å²) < 4.78 is 6.31. The Kier molecular flexibility index (Phi) is 3.20. The zero-order chi connectivity index (χ0) is 18.5. The molecule has 0 saturated carbocycles. The van der Waals surface area contributed by atoms with Crippen molar-refractivity contribution in [2.45, 2.75) is 0 Å². The lowest BCUT2D eigenvalue weighted by Crippen LogP contribution is -1.92. The molecule has 0 saturated heterocycles. The smallest absolute Gasteiger partial charge is 0.159 e. The van der Waals surface area contributed by atoms with Crippen LogP contribution in [0.5, 0.6) is 0 Å². The molecule has 2 nitrogen and oxygen atoms in total. The Labute approximate surface area is 162 Å². The van der Waals surface area contributed by atoms with Crippen LogP contribution in [0.2, 0.25) is 0 Å². The van der Waals surface area contributed by atoms with E-state index < -0.39 is 0 Å². The fourth-order valence-corrected chi connectivity index (χ4v) is 4.15. The van der Waals surface area contributed by atoms with Crippen molar-refractivity contribution in [2.75, 3.05) is 5.32 Å². The highest BCUT2D eigenvalue weighted by Gasteiger charge is 2.15. The first-order chi connectivity index (χ1) is 13.9. The molecular formula is C26H17NO. The number of fused-ring (bicyclic) bond motifs is 6. The first-order valence-electron chi connectivity index (χ1n) is 9.46. The molecule has 0 aliphatic rings. The van der Waals surface area contributed by atoms with Gasteiger partial charge >= 0.3 is 0 Å². The number of anilines is 2. The van der Waals surface area contributed by atoms with Crippen molar-refractivity contribution in [3.8, 4) is 0 Å². The highest BCUT2D eigenvalue weighted by Crippen LogP contribution is 2.40. The second-order valence-corrected chi connectivity index (χ2v) is 7.10. The summed E-state index contributed by atoms with van der Waals surface area (Å²) in [6.45, 7) is 0. The van der Waals surface area contributed by atoms with Crippen LogP contribution in [0.15, 0.2) is 101 Å². The molecule has 6 aromatic rings. The Morgan fingerprint density at radius 1 is 0.536 bits per heavy atom. The Morgan fingerprint density at radius 2 is 1.21 bits per heavy atom. The summed E-state index contributed by atoms with van der Waals surface area (Å²) in [5.74, 6) is 0. The van der Waals surface area contributed by atoms with E-state index in [-0.39, 0.29) is 0 Å². The molecule has 0 aliphatic carbocycles. The molecule has 0 aliphatic heterocycles. The summed E-state index contributed by atoms with van der Waals surface area (Å²) >= 11 is 0. The third-order valence-corrected chi connectivity index (χ3v) is 5.43. The summed E-state index contributed by atoms with van der Waals surface area (Å²) in [7, 11) is 0. The van der Waals surface area contributed by atoms with Gasteiger partial charge in [-0.1, -0.05) is 78.9 Å². The van der Waals surface area contributed by atoms with E-state index in [4.69, 9.17) is 4.42 Å². The van der Waals surface area contributed by atoms with E-state index >= 15 is 0 Å². The Morgan fingerprint density at radius 3 is 2.11 bits per heavy atom. The van der Waals surface area contributed by atoms with Crippen LogP contribution in [0, 0.1) is 0 Å². The maximum absolute atomic E-state index is 6.31. The monoisotopic (exact) mass is 359 g/mol. The molecule has 5 aromatic carbocycles. The minimum Gasteiger partial charge on any atom is -0.454 e. The normalized spacial score (nSPS) is 11.6. The third-order valence-electron chi connectivity index (χ3n) is 5.43. The summed E-state index contributed by atoms with van der Waals surface area (Å²) in [6, 6.07) is 33.7. The molecule has 0 radical (unpaired) electrons. The fourth-order valence-electron chi connectivity index (χ4n) is 4.15.